The summed E-state index contributed by atoms with van der Waals surface area (Å²) in [5.74, 6) is 3.29. The normalized spacial score (nSPS) is 22.9. The van der Waals surface area contributed by atoms with Crippen molar-refractivity contribution in [1.29, 1.82) is 0 Å². The van der Waals surface area contributed by atoms with Crippen LogP contribution < -0.4 is 25.4 Å². The topological polar surface area (TPSA) is 102 Å². The predicted molar refractivity (Wildman–Crippen MR) is 110 cm³/mol. The van der Waals surface area contributed by atoms with E-state index in [-0.39, 0.29) is 30.0 Å². The summed E-state index contributed by atoms with van der Waals surface area (Å²) in [7, 11) is 0. The lowest BCUT2D eigenvalue weighted by atomic mass is 10.1. The number of benzene rings is 1. The van der Waals surface area contributed by atoms with Crippen molar-refractivity contribution in [2.75, 3.05) is 11.9 Å². The molecule has 3 amide bonds. The van der Waals surface area contributed by atoms with E-state index in [0.717, 1.165) is 16.9 Å². The van der Waals surface area contributed by atoms with E-state index in [9.17, 15) is 9.59 Å². The van der Waals surface area contributed by atoms with E-state index in [0.29, 0.717) is 42.6 Å². The molecule has 1 saturated carbocycles. The van der Waals surface area contributed by atoms with Crippen LogP contribution in [-0.4, -0.2) is 35.6 Å². The Balaban J connectivity index is 1.29. The van der Waals surface area contributed by atoms with Gasteiger partial charge in [0.2, 0.25) is 5.91 Å². The molecule has 156 valence electrons. The van der Waals surface area contributed by atoms with Crippen molar-refractivity contribution in [3.8, 4) is 17.2 Å². The molecule has 1 fully saturated rings. The SMILES string of the molecule is CC(C)CNC(=O)N[C@H]1[C@H]2Oc3ccc(Oc4ccnc5c4CCC(=O)N5)cc3[C@@H]12. The molecule has 3 aliphatic rings. The molecule has 2 aromatic rings. The van der Waals surface area contributed by atoms with Gasteiger partial charge in [-0.3, -0.25) is 4.79 Å². The lowest BCUT2D eigenvalue weighted by molar-refractivity contribution is -0.116. The summed E-state index contributed by atoms with van der Waals surface area (Å²) in [6, 6.07) is 7.37. The van der Waals surface area contributed by atoms with E-state index in [1.807, 2.05) is 24.3 Å². The number of ether oxygens (including phenoxy) is 2. The highest BCUT2D eigenvalue weighted by molar-refractivity contribution is 5.93. The highest BCUT2D eigenvalue weighted by atomic mass is 16.5. The largest absolute Gasteiger partial charge is 0.487 e. The van der Waals surface area contributed by atoms with Crippen molar-refractivity contribution in [2.45, 2.75) is 44.8 Å². The number of urea groups is 1. The quantitative estimate of drug-likeness (QED) is 0.706. The fraction of sp³-hybridized carbons (Fsp3) is 0.409. The van der Waals surface area contributed by atoms with Crippen LogP contribution in [0.15, 0.2) is 30.5 Å². The van der Waals surface area contributed by atoms with Gasteiger partial charge in [-0.05, 0) is 36.6 Å². The van der Waals surface area contributed by atoms with E-state index in [2.05, 4.69) is 34.8 Å². The highest BCUT2D eigenvalue weighted by Crippen LogP contribution is 2.54. The first-order valence-electron chi connectivity index (χ1n) is 10.3. The number of anilines is 1. The number of pyridine rings is 1. The highest BCUT2D eigenvalue weighted by Gasteiger charge is 2.59. The molecule has 1 aromatic heterocycles. The second kappa shape index (κ2) is 7.19. The van der Waals surface area contributed by atoms with E-state index in [4.69, 9.17) is 9.47 Å². The van der Waals surface area contributed by atoms with Crippen LogP contribution in [0.4, 0.5) is 10.6 Å². The number of nitrogens with zero attached hydrogens (tertiary/aromatic N) is 1. The third kappa shape index (κ3) is 3.42. The zero-order chi connectivity index (χ0) is 20.8. The molecular weight excluding hydrogens is 384 g/mol. The molecule has 0 unspecified atom stereocenters. The van der Waals surface area contributed by atoms with Gasteiger partial charge in [-0.1, -0.05) is 13.8 Å². The molecule has 2 aliphatic heterocycles. The maximum absolute atomic E-state index is 12.1. The van der Waals surface area contributed by atoms with E-state index >= 15 is 0 Å². The monoisotopic (exact) mass is 408 g/mol. The van der Waals surface area contributed by atoms with Crippen LogP contribution in [0.5, 0.6) is 17.2 Å². The zero-order valence-corrected chi connectivity index (χ0v) is 16.9. The molecule has 3 atom stereocenters. The lowest BCUT2D eigenvalue weighted by Gasteiger charge is -2.19. The van der Waals surface area contributed by atoms with Gasteiger partial charge in [0.15, 0.2) is 0 Å². The minimum atomic E-state index is -0.161. The predicted octanol–water partition coefficient (Wildman–Crippen LogP) is 2.94. The van der Waals surface area contributed by atoms with Crippen molar-refractivity contribution >= 4 is 17.8 Å². The van der Waals surface area contributed by atoms with Crippen molar-refractivity contribution in [1.82, 2.24) is 15.6 Å². The smallest absolute Gasteiger partial charge is 0.315 e. The second-order valence-electron chi connectivity index (χ2n) is 8.37. The number of hydrogen-bond donors (Lipinski definition) is 3. The average Bonchev–Trinajstić information content (AvgIpc) is 3.23. The standard InChI is InChI=1S/C22H24N4O4/c1-11(2)10-24-22(28)26-19-18-14-9-12(3-5-15(14)30-20(18)19)29-16-7-8-23-21-13(16)4-6-17(27)25-21/h3,5,7-9,11,18-20H,4,6,10H2,1-2H3,(H,23,25,27)(H2,24,26,28)/t18-,19+,20-/m0/s1. The second-order valence-corrected chi connectivity index (χ2v) is 8.37. The Hall–Kier alpha value is -3.29. The molecule has 0 saturated heterocycles. The fourth-order valence-electron chi connectivity index (χ4n) is 4.06. The Bertz CT molecular complexity index is 1020. The van der Waals surface area contributed by atoms with Crippen molar-refractivity contribution in [3.05, 3.63) is 41.6 Å². The van der Waals surface area contributed by atoms with Crippen LogP contribution in [0, 0.1) is 5.92 Å². The molecule has 1 aromatic carbocycles. The van der Waals surface area contributed by atoms with E-state index < -0.39 is 0 Å². The molecule has 5 rings (SSSR count). The summed E-state index contributed by atoms with van der Waals surface area (Å²) in [5, 5.41) is 8.67. The number of carbonyl (C=O) groups is 2. The van der Waals surface area contributed by atoms with Gasteiger partial charge in [0.05, 0.1) is 12.0 Å². The Morgan fingerprint density at radius 1 is 1.33 bits per heavy atom. The van der Waals surface area contributed by atoms with Gasteiger partial charge in [-0.25, -0.2) is 9.78 Å². The fourth-order valence-corrected chi connectivity index (χ4v) is 4.06. The summed E-state index contributed by atoms with van der Waals surface area (Å²) in [5.41, 5.74) is 1.95. The molecule has 0 radical (unpaired) electrons. The van der Waals surface area contributed by atoms with Crippen molar-refractivity contribution < 1.29 is 19.1 Å². The number of nitrogens with one attached hydrogen (secondary N) is 3. The molecule has 0 spiro atoms. The summed E-state index contributed by atoms with van der Waals surface area (Å²) in [6.07, 6.45) is 2.62. The number of rotatable bonds is 5. The number of aromatic nitrogens is 1. The average molecular weight is 408 g/mol. The summed E-state index contributed by atoms with van der Waals surface area (Å²) >= 11 is 0. The first kappa shape index (κ1) is 18.7. The first-order valence-corrected chi connectivity index (χ1v) is 10.3. The molecule has 3 heterocycles. The van der Waals surface area contributed by atoms with Crippen LogP contribution >= 0.6 is 0 Å². The molecular formula is C22H24N4O4. The van der Waals surface area contributed by atoms with Gasteiger partial charge in [-0.2, -0.15) is 0 Å². The summed E-state index contributed by atoms with van der Waals surface area (Å²) in [4.78, 5) is 27.9. The van der Waals surface area contributed by atoms with Crippen LogP contribution in [0.2, 0.25) is 0 Å². The van der Waals surface area contributed by atoms with Gasteiger partial charge < -0.3 is 25.4 Å². The van der Waals surface area contributed by atoms with Gasteiger partial charge in [0.1, 0.15) is 29.2 Å². The van der Waals surface area contributed by atoms with Gasteiger partial charge in [0, 0.05) is 30.3 Å². The molecule has 3 N–H and O–H groups in total. The van der Waals surface area contributed by atoms with Crippen molar-refractivity contribution in [3.63, 3.8) is 0 Å². The number of fused-ring (bicyclic) bond motifs is 4. The minimum Gasteiger partial charge on any atom is -0.487 e. The Morgan fingerprint density at radius 3 is 3.03 bits per heavy atom. The summed E-state index contributed by atoms with van der Waals surface area (Å²) in [6.45, 7) is 4.75. The molecule has 8 heteroatoms. The number of hydrogen-bond acceptors (Lipinski definition) is 5. The molecule has 8 nitrogen and oxygen atoms in total. The molecule has 30 heavy (non-hydrogen) atoms. The zero-order valence-electron chi connectivity index (χ0n) is 16.9. The Labute approximate surface area is 174 Å². The maximum Gasteiger partial charge on any atom is 0.315 e. The van der Waals surface area contributed by atoms with Crippen LogP contribution in [0.1, 0.15) is 37.3 Å². The van der Waals surface area contributed by atoms with Gasteiger partial charge in [-0.15, -0.1) is 0 Å². The van der Waals surface area contributed by atoms with Gasteiger partial charge in [0.25, 0.3) is 0 Å². The number of amides is 3. The van der Waals surface area contributed by atoms with Crippen LogP contribution in [-0.2, 0) is 11.2 Å². The van der Waals surface area contributed by atoms with Crippen molar-refractivity contribution in [2.24, 2.45) is 5.92 Å². The van der Waals surface area contributed by atoms with E-state index in [1.54, 1.807) is 6.20 Å². The van der Waals surface area contributed by atoms with Crippen LogP contribution in [0.25, 0.3) is 0 Å². The maximum atomic E-state index is 12.1. The Morgan fingerprint density at radius 2 is 2.20 bits per heavy atom. The van der Waals surface area contributed by atoms with Crippen LogP contribution in [0.3, 0.4) is 0 Å². The minimum absolute atomic E-state index is 0.0241. The lowest BCUT2D eigenvalue weighted by Crippen LogP contribution is -2.40. The number of carbonyl (C=O) groups excluding carboxylic acids is 2. The first-order chi connectivity index (χ1) is 14.5. The summed E-state index contributed by atoms with van der Waals surface area (Å²) < 4.78 is 12.1. The molecule has 1 aliphatic carbocycles. The Kier molecular flexibility index (Phi) is 4.49. The van der Waals surface area contributed by atoms with Gasteiger partial charge >= 0.3 is 6.03 Å². The third-order valence-corrected chi connectivity index (χ3v) is 5.63. The third-order valence-electron chi connectivity index (χ3n) is 5.63. The van der Waals surface area contributed by atoms with E-state index in [1.165, 1.54) is 0 Å². The molecule has 0 bridgehead atoms.